The summed E-state index contributed by atoms with van der Waals surface area (Å²) in [7, 11) is 3.03. The van der Waals surface area contributed by atoms with E-state index in [4.69, 9.17) is 4.74 Å². The van der Waals surface area contributed by atoms with Gasteiger partial charge in [0.1, 0.15) is 0 Å². The highest BCUT2D eigenvalue weighted by molar-refractivity contribution is 5.94. The number of amides is 2. The molecule has 8 nitrogen and oxygen atoms in total. The summed E-state index contributed by atoms with van der Waals surface area (Å²) in [5, 5.41) is 13.6. The fourth-order valence-electron chi connectivity index (χ4n) is 2.50. The summed E-state index contributed by atoms with van der Waals surface area (Å²) >= 11 is 0. The van der Waals surface area contributed by atoms with Gasteiger partial charge < -0.3 is 15.0 Å². The maximum absolute atomic E-state index is 12.2. The highest BCUT2D eigenvalue weighted by Gasteiger charge is 2.16. The Labute approximate surface area is 156 Å². The Morgan fingerprint density at radius 1 is 1.15 bits per heavy atom. The molecule has 0 aliphatic heterocycles. The van der Waals surface area contributed by atoms with Crippen LogP contribution in [0.5, 0.6) is 5.75 Å². The quantitative estimate of drug-likeness (QED) is 0.566. The molecule has 0 bridgehead atoms. The summed E-state index contributed by atoms with van der Waals surface area (Å²) in [6.45, 7) is 0. The van der Waals surface area contributed by atoms with Gasteiger partial charge in [-0.05, 0) is 30.7 Å². The molecule has 2 aromatic carbocycles. The smallest absolute Gasteiger partial charge is 0.312 e. The van der Waals surface area contributed by atoms with E-state index in [1.54, 1.807) is 11.9 Å². The molecular weight excluding hydrogens is 350 g/mol. The molecule has 0 radical (unpaired) electrons. The van der Waals surface area contributed by atoms with Gasteiger partial charge in [-0.25, -0.2) is 0 Å². The summed E-state index contributed by atoms with van der Waals surface area (Å²) in [6, 6.07) is 13.4. The fourth-order valence-corrected chi connectivity index (χ4v) is 2.50. The minimum Gasteiger partial charge on any atom is -0.490 e. The molecule has 0 aliphatic carbocycles. The minimum absolute atomic E-state index is 0.0888. The minimum atomic E-state index is -0.577. The first kappa shape index (κ1) is 19.9. The number of ether oxygens (including phenoxy) is 1. The molecule has 0 atom stereocenters. The maximum Gasteiger partial charge on any atom is 0.312 e. The first-order valence-electron chi connectivity index (χ1n) is 8.36. The van der Waals surface area contributed by atoms with Crippen LogP contribution in [-0.2, 0) is 9.59 Å². The summed E-state index contributed by atoms with van der Waals surface area (Å²) in [5.74, 6) is -0.286. The Kier molecular flexibility index (Phi) is 6.87. The number of carbonyl (C=O) groups is 2. The zero-order chi connectivity index (χ0) is 19.8. The Morgan fingerprint density at radius 2 is 1.85 bits per heavy atom. The average Bonchev–Trinajstić information content (AvgIpc) is 2.67. The van der Waals surface area contributed by atoms with Crippen molar-refractivity contribution in [3.63, 3.8) is 0 Å². The summed E-state index contributed by atoms with van der Waals surface area (Å²) in [6.07, 6.45) is 0.732. The second kappa shape index (κ2) is 9.33. The Balaban J connectivity index is 1.85. The number of nitrogens with one attached hydrogen (secondary N) is 1. The van der Waals surface area contributed by atoms with Crippen LogP contribution in [0.2, 0.25) is 0 Å². The second-order valence-corrected chi connectivity index (χ2v) is 5.83. The number of para-hydroxylation sites is 1. The van der Waals surface area contributed by atoms with Crippen molar-refractivity contribution in [2.24, 2.45) is 0 Å². The summed E-state index contributed by atoms with van der Waals surface area (Å²) in [4.78, 5) is 36.2. The number of anilines is 2. The van der Waals surface area contributed by atoms with Gasteiger partial charge in [-0.1, -0.05) is 18.2 Å². The van der Waals surface area contributed by atoms with Gasteiger partial charge in [0.25, 0.3) is 0 Å². The summed E-state index contributed by atoms with van der Waals surface area (Å²) < 4.78 is 4.92. The van der Waals surface area contributed by atoms with Crippen molar-refractivity contribution in [3.8, 4) is 5.75 Å². The van der Waals surface area contributed by atoms with E-state index in [0.717, 1.165) is 5.69 Å². The standard InChI is InChI=1S/C19H21N3O5/c1-21(15-7-4-3-5-8-15)19(24)10-6-9-18(23)20-14-11-12-17(27-2)16(13-14)22(25)26/h3-5,7-8,11-13H,6,9-10H2,1-2H3,(H,20,23). The zero-order valence-electron chi connectivity index (χ0n) is 15.2. The van der Waals surface area contributed by atoms with E-state index in [1.165, 1.54) is 25.3 Å². The van der Waals surface area contributed by atoms with Crippen LogP contribution in [0.1, 0.15) is 19.3 Å². The van der Waals surface area contributed by atoms with E-state index in [2.05, 4.69) is 5.32 Å². The van der Waals surface area contributed by atoms with Crippen molar-refractivity contribution in [3.05, 3.63) is 58.6 Å². The lowest BCUT2D eigenvalue weighted by atomic mass is 10.2. The number of hydrogen-bond donors (Lipinski definition) is 1. The Hall–Kier alpha value is -3.42. The lowest BCUT2D eigenvalue weighted by Gasteiger charge is -2.17. The SMILES string of the molecule is COc1ccc(NC(=O)CCCC(=O)N(C)c2ccccc2)cc1[N+](=O)[O-]. The number of carbonyl (C=O) groups excluding carboxylic acids is 2. The number of nitro benzene ring substituents is 1. The number of nitrogens with zero attached hydrogens (tertiary/aromatic N) is 2. The number of benzene rings is 2. The molecule has 0 saturated carbocycles. The molecule has 142 valence electrons. The molecular formula is C19H21N3O5. The van der Waals surface area contributed by atoms with E-state index in [0.29, 0.717) is 12.1 Å². The third-order valence-corrected chi connectivity index (χ3v) is 3.97. The van der Waals surface area contributed by atoms with Gasteiger partial charge in [-0.3, -0.25) is 19.7 Å². The molecule has 27 heavy (non-hydrogen) atoms. The first-order chi connectivity index (χ1) is 12.9. The molecule has 2 rings (SSSR count). The first-order valence-corrected chi connectivity index (χ1v) is 8.36. The van der Waals surface area contributed by atoms with Crippen molar-refractivity contribution in [2.45, 2.75) is 19.3 Å². The largest absolute Gasteiger partial charge is 0.490 e. The van der Waals surface area contributed by atoms with Crippen molar-refractivity contribution in [2.75, 3.05) is 24.4 Å². The van der Waals surface area contributed by atoms with Crippen LogP contribution in [0.3, 0.4) is 0 Å². The predicted molar refractivity (Wildman–Crippen MR) is 102 cm³/mol. The highest BCUT2D eigenvalue weighted by Crippen LogP contribution is 2.29. The number of rotatable bonds is 8. The Morgan fingerprint density at radius 3 is 2.48 bits per heavy atom. The van der Waals surface area contributed by atoms with E-state index >= 15 is 0 Å². The van der Waals surface area contributed by atoms with Gasteiger partial charge in [0.05, 0.1) is 12.0 Å². The van der Waals surface area contributed by atoms with Crippen LogP contribution in [-0.4, -0.2) is 30.9 Å². The monoisotopic (exact) mass is 371 g/mol. The van der Waals surface area contributed by atoms with E-state index in [9.17, 15) is 19.7 Å². The lowest BCUT2D eigenvalue weighted by Crippen LogP contribution is -2.26. The second-order valence-electron chi connectivity index (χ2n) is 5.83. The van der Waals surface area contributed by atoms with Crippen LogP contribution >= 0.6 is 0 Å². The van der Waals surface area contributed by atoms with Crippen molar-refractivity contribution < 1.29 is 19.2 Å². The molecule has 2 amide bonds. The number of methoxy groups -OCH3 is 1. The summed E-state index contributed by atoms with van der Waals surface area (Å²) in [5.41, 5.74) is 0.868. The fraction of sp³-hybridized carbons (Fsp3) is 0.263. The maximum atomic E-state index is 12.2. The topological polar surface area (TPSA) is 102 Å². The van der Waals surface area contributed by atoms with Crippen molar-refractivity contribution >= 4 is 28.9 Å². The van der Waals surface area contributed by atoms with Gasteiger partial charge in [-0.2, -0.15) is 0 Å². The molecule has 0 fully saturated rings. The van der Waals surface area contributed by atoms with E-state index in [1.807, 2.05) is 30.3 Å². The highest BCUT2D eigenvalue weighted by atomic mass is 16.6. The van der Waals surface area contributed by atoms with Crippen molar-refractivity contribution in [1.82, 2.24) is 0 Å². The molecule has 1 N–H and O–H groups in total. The van der Waals surface area contributed by atoms with Gasteiger partial charge >= 0.3 is 5.69 Å². The molecule has 0 aliphatic rings. The van der Waals surface area contributed by atoms with Gasteiger partial charge in [-0.15, -0.1) is 0 Å². The normalized spacial score (nSPS) is 10.1. The van der Waals surface area contributed by atoms with Gasteiger partial charge in [0.2, 0.25) is 11.8 Å². The van der Waals surface area contributed by atoms with Crippen LogP contribution in [0.4, 0.5) is 17.1 Å². The third kappa shape index (κ3) is 5.53. The average molecular weight is 371 g/mol. The molecule has 0 spiro atoms. The predicted octanol–water partition coefficient (Wildman–Crippen LogP) is 3.38. The molecule has 0 unspecified atom stereocenters. The number of nitro groups is 1. The zero-order valence-corrected chi connectivity index (χ0v) is 15.2. The molecule has 0 saturated heterocycles. The van der Waals surface area contributed by atoms with Gasteiger partial charge in [0, 0.05) is 37.3 Å². The molecule has 2 aromatic rings. The van der Waals surface area contributed by atoms with Crippen LogP contribution in [0.25, 0.3) is 0 Å². The molecule has 8 heteroatoms. The lowest BCUT2D eigenvalue weighted by molar-refractivity contribution is -0.385. The number of hydrogen-bond acceptors (Lipinski definition) is 5. The van der Waals surface area contributed by atoms with E-state index < -0.39 is 4.92 Å². The van der Waals surface area contributed by atoms with E-state index in [-0.39, 0.29) is 36.1 Å². The van der Waals surface area contributed by atoms with Gasteiger partial charge in [0.15, 0.2) is 5.75 Å². The van der Waals surface area contributed by atoms with Crippen molar-refractivity contribution in [1.29, 1.82) is 0 Å². The van der Waals surface area contributed by atoms with Crippen LogP contribution in [0.15, 0.2) is 48.5 Å². The third-order valence-electron chi connectivity index (χ3n) is 3.97. The van der Waals surface area contributed by atoms with Crippen LogP contribution in [0, 0.1) is 10.1 Å². The molecule has 0 aromatic heterocycles. The van der Waals surface area contributed by atoms with Crippen LogP contribution < -0.4 is 15.0 Å². The molecule has 0 heterocycles. The Bertz CT molecular complexity index is 823.